The number of aromatic nitrogens is 2. The highest BCUT2D eigenvalue weighted by atomic mass is 32.1. The minimum absolute atomic E-state index is 0.0382. The second kappa shape index (κ2) is 8.24. The van der Waals surface area contributed by atoms with E-state index in [0.717, 1.165) is 54.5 Å². The SMILES string of the molecule is O=C(O)c1cc(F)c2nc(N3[C@@H]4CC[C@H]3CC(OCc3c(C5[C@H]6CCC[C@@H]56)noc3C3CC3)C4)sc2c1. The molecule has 8 rings (SSSR count). The van der Waals surface area contributed by atoms with Crippen molar-refractivity contribution in [3.8, 4) is 0 Å². The van der Waals surface area contributed by atoms with Crippen LogP contribution < -0.4 is 4.90 Å². The maximum atomic E-state index is 14.6. The highest BCUT2D eigenvalue weighted by Crippen LogP contribution is 2.64. The van der Waals surface area contributed by atoms with Crippen molar-refractivity contribution in [1.29, 1.82) is 0 Å². The summed E-state index contributed by atoms with van der Waals surface area (Å²) in [5.74, 6) is 2.11. The van der Waals surface area contributed by atoms with Crippen molar-refractivity contribution in [3.63, 3.8) is 0 Å². The van der Waals surface area contributed by atoms with Crippen LogP contribution in [0, 0.1) is 17.7 Å². The predicted molar refractivity (Wildman–Crippen MR) is 136 cm³/mol. The number of carboxylic acids is 1. The number of thiazole rings is 1. The zero-order chi connectivity index (χ0) is 24.8. The zero-order valence-corrected chi connectivity index (χ0v) is 21.4. The van der Waals surface area contributed by atoms with E-state index < -0.39 is 11.8 Å². The first-order chi connectivity index (χ1) is 18.0. The van der Waals surface area contributed by atoms with Crippen LogP contribution in [-0.2, 0) is 11.3 Å². The van der Waals surface area contributed by atoms with Gasteiger partial charge < -0.3 is 19.3 Å². The Morgan fingerprint density at radius 2 is 1.89 bits per heavy atom. The summed E-state index contributed by atoms with van der Waals surface area (Å²) in [4.78, 5) is 18.3. The molecule has 0 amide bonds. The number of nitrogens with zero attached hydrogens (tertiary/aromatic N) is 3. The Hall–Kier alpha value is -2.52. The van der Waals surface area contributed by atoms with Gasteiger partial charge in [-0.15, -0.1) is 0 Å². The van der Waals surface area contributed by atoms with Gasteiger partial charge in [0.2, 0.25) is 0 Å². The number of ether oxygens (including phenoxy) is 1. The number of hydrogen-bond donors (Lipinski definition) is 1. The van der Waals surface area contributed by atoms with Crippen molar-refractivity contribution in [2.75, 3.05) is 4.90 Å². The van der Waals surface area contributed by atoms with Gasteiger partial charge in [-0.1, -0.05) is 22.9 Å². The maximum absolute atomic E-state index is 14.6. The molecule has 2 unspecified atom stereocenters. The molecule has 3 aromatic rings. The molecule has 0 radical (unpaired) electrons. The van der Waals surface area contributed by atoms with Gasteiger partial charge in [0, 0.05) is 29.5 Å². The van der Waals surface area contributed by atoms with Gasteiger partial charge in [-0.3, -0.25) is 0 Å². The summed E-state index contributed by atoms with van der Waals surface area (Å²) in [7, 11) is 0. The van der Waals surface area contributed by atoms with Crippen LogP contribution in [0.4, 0.5) is 9.52 Å². The summed E-state index contributed by atoms with van der Waals surface area (Å²) in [6.07, 6.45) is 10.6. The average Bonchev–Trinajstić information content (AvgIpc) is 3.58. The van der Waals surface area contributed by atoms with Crippen molar-refractivity contribution in [2.45, 2.75) is 94.4 Å². The van der Waals surface area contributed by atoms with Gasteiger partial charge in [0.05, 0.1) is 28.7 Å². The van der Waals surface area contributed by atoms with Crippen LogP contribution in [0.25, 0.3) is 10.2 Å². The monoisotopic (exact) mass is 523 g/mol. The largest absolute Gasteiger partial charge is 0.478 e. The normalized spacial score (nSPS) is 32.3. The number of carboxylic acid groups (broad SMARTS) is 1. The van der Waals surface area contributed by atoms with Gasteiger partial charge >= 0.3 is 5.97 Å². The summed E-state index contributed by atoms with van der Waals surface area (Å²) in [5.41, 5.74) is 2.66. The molecular formula is C28H30FN3O4S. The maximum Gasteiger partial charge on any atom is 0.335 e. The molecule has 3 saturated carbocycles. The van der Waals surface area contributed by atoms with Crippen molar-refractivity contribution in [1.82, 2.24) is 10.1 Å². The Morgan fingerprint density at radius 3 is 2.59 bits per heavy atom. The smallest absolute Gasteiger partial charge is 0.335 e. The lowest BCUT2D eigenvalue weighted by Crippen LogP contribution is -2.45. The fourth-order valence-electron chi connectivity index (χ4n) is 7.62. The molecule has 2 aromatic heterocycles. The summed E-state index contributed by atoms with van der Waals surface area (Å²) in [6, 6.07) is 3.20. The second-order valence-electron chi connectivity index (χ2n) is 11.8. The number of fused-ring (bicyclic) bond motifs is 4. The van der Waals surface area contributed by atoms with Crippen LogP contribution in [0.2, 0.25) is 0 Å². The molecule has 7 nitrogen and oxygen atoms in total. The van der Waals surface area contributed by atoms with E-state index in [1.165, 1.54) is 60.8 Å². The van der Waals surface area contributed by atoms with Gasteiger partial charge in [0.1, 0.15) is 11.3 Å². The Balaban J connectivity index is 0.994. The molecule has 4 heterocycles. The zero-order valence-electron chi connectivity index (χ0n) is 20.6. The number of anilines is 1. The van der Waals surface area contributed by atoms with E-state index in [2.05, 4.69) is 15.0 Å². The van der Waals surface area contributed by atoms with E-state index in [9.17, 15) is 14.3 Å². The van der Waals surface area contributed by atoms with Crippen LogP contribution in [0.1, 0.15) is 97.0 Å². The first kappa shape index (κ1) is 22.5. The molecule has 5 aliphatic rings. The van der Waals surface area contributed by atoms with Gasteiger partial charge in [-0.25, -0.2) is 14.2 Å². The van der Waals surface area contributed by atoms with E-state index in [1.807, 2.05) is 0 Å². The van der Waals surface area contributed by atoms with Gasteiger partial charge in [-0.2, -0.15) is 0 Å². The standard InChI is InChI=1S/C28H30FN3O4S/c29-21-8-14(27(33)34)9-22-25(21)30-28(37-22)32-15-6-7-16(32)11-17(10-15)35-12-20-24(23-18-2-1-3-19(18)23)31-36-26(20)13-4-5-13/h8-9,13,15-19,23H,1-7,10-12H2,(H,33,34)/t15-,16+,17?,18-,19+,23?. The molecule has 9 heteroatoms. The van der Waals surface area contributed by atoms with Crippen LogP contribution >= 0.6 is 11.3 Å². The summed E-state index contributed by atoms with van der Waals surface area (Å²) in [6.45, 7) is 0.592. The van der Waals surface area contributed by atoms with Crippen molar-refractivity contribution in [2.24, 2.45) is 11.8 Å². The van der Waals surface area contributed by atoms with Gasteiger partial charge in [0.25, 0.3) is 0 Å². The lowest BCUT2D eigenvalue weighted by atomic mass is 9.99. The highest BCUT2D eigenvalue weighted by molar-refractivity contribution is 7.22. The lowest BCUT2D eigenvalue weighted by Gasteiger charge is -2.38. The van der Waals surface area contributed by atoms with E-state index in [0.29, 0.717) is 35.2 Å². The Kier molecular flexibility index (Phi) is 5.00. The predicted octanol–water partition coefficient (Wildman–Crippen LogP) is 6.23. The first-order valence-electron chi connectivity index (χ1n) is 13.8. The fraction of sp³-hybridized carbons (Fsp3) is 0.607. The minimum atomic E-state index is -1.13. The van der Waals surface area contributed by atoms with E-state index in [-0.39, 0.29) is 17.2 Å². The van der Waals surface area contributed by atoms with E-state index >= 15 is 0 Å². The summed E-state index contributed by atoms with van der Waals surface area (Å²) >= 11 is 1.39. The summed E-state index contributed by atoms with van der Waals surface area (Å²) in [5, 5.41) is 14.7. The number of carbonyl (C=O) groups is 1. The molecule has 1 aromatic carbocycles. The molecule has 6 atom stereocenters. The van der Waals surface area contributed by atoms with Crippen molar-refractivity contribution < 1.29 is 23.6 Å². The van der Waals surface area contributed by atoms with Crippen molar-refractivity contribution in [3.05, 3.63) is 40.5 Å². The molecule has 2 aliphatic heterocycles. The van der Waals surface area contributed by atoms with Crippen LogP contribution in [-0.4, -0.2) is 39.4 Å². The molecule has 37 heavy (non-hydrogen) atoms. The fourth-order valence-corrected chi connectivity index (χ4v) is 8.79. The quantitative estimate of drug-likeness (QED) is 0.393. The van der Waals surface area contributed by atoms with Gasteiger partial charge in [0.15, 0.2) is 10.9 Å². The molecule has 3 aliphatic carbocycles. The minimum Gasteiger partial charge on any atom is -0.478 e. The van der Waals surface area contributed by atoms with E-state index in [1.54, 1.807) is 0 Å². The first-order valence-corrected chi connectivity index (χ1v) is 14.6. The number of hydrogen-bond acceptors (Lipinski definition) is 7. The topological polar surface area (TPSA) is 88.7 Å². The molecular weight excluding hydrogens is 493 g/mol. The number of halogens is 1. The molecule has 2 bridgehead atoms. The second-order valence-corrected chi connectivity index (χ2v) is 12.8. The Bertz CT molecular complexity index is 1380. The molecule has 2 saturated heterocycles. The third kappa shape index (κ3) is 3.64. The summed E-state index contributed by atoms with van der Waals surface area (Å²) < 4.78 is 27.7. The molecule has 194 valence electrons. The van der Waals surface area contributed by atoms with Crippen LogP contribution in [0.5, 0.6) is 0 Å². The molecule has 5 fully saturated rings. The van der Waals surface area contributed by atoms with E-state index in [4.69, 9.17) is 9.26 Å². The average molecular weight is 524 g/mol. The van der Waals surface area contributed by atoms with Crippen molar-refractivity contribution >= 4 is 32.7 Å². The van der Waals surface area contributed by atoms with Crippen LogP contribution in [0.3, 0.4) is 0 Å². The van der Waals surface area contributed by atoms with Gasteiger partial charge in [-0.05, 0) is 75.3 Å². The third-order valence-corrected chi connectivity index (χ3v) is 10.6. The molecule has 0 spiro atoms. The Labute approximate surface area is 218 Å². The number of aromatic carboxylic acids is 1. The van der Waals surface area contributed by atoms with Crippen LogP contribution in [0.15, 0.2) is 16.7 Å². The molecule has 1 N–H and O–H groups in total. The third-order valence-electron chi connectivity index (χ3n) is 9.58. The Morgan fingerprint density at radius 1 is 1.14 bits per heavy atom. The lowest BCUT2D eigenvalue weighted by molar-refractivity contribution is 0.0142. The number of benzene rings is 1. The number of piperidine rings is 1. The highest BCUT2D eigenvalue weighted by Gasteiger charge is 2.56. The number of rotatable bonds is 7.